The third-order valence-electron chi connectivity index (χ3n) is 3.58. The second-order valence-electron chi connectivity index (χ2n) is 5.19. The van der Waals surface area contributed by atoms with Crippen molar-refractivity contribution in [3.8, 4) is 34.3 Å². The van der Waals surface area contributed by atoms with Gasteiger partial charge in [-0.1, -0.05) is 11.6 Å². The highest BCUT2D eigenvalue weighted by Gasteiger charge is 2.19. The zero-order chi connectivity index (χ0) is 16.6. The Balaban J connectivity index is 2.05. The van der Waals surface area contributed by atoms with Crippen LogP contribution in [0.1, 0.15) is 11.3 Å². The zero-order valence-corrected chi connectivity index (χ0v) is 13.3. The Kier molecular flexibility index (Phi) is 3.88. The molecule has 0 saturated carbocycles. The van der Waals surface area contributed by atoms with E-state index in [1.54, 1.807) is 37.3 Å². The third-order valence-corrected chi connectivity index (χ3v) is 3.83. The van der Waals surface area contributed by atoms with Gasteiger partial charge in [0.15, 0.2) is 5.75 Å². The summed E-state index contributed by atoms with van der Waals surface area (Å²) in [6, 6.07) is 10.1. The molecule has 0 aliphatic heterocycles. The minimum absolute atomic E-state index is 0.0266. The van der Waals surface area contributed by atoms with Gasteiger partial charge < -0.3 is 14.9 Å². The third kappa shape index (κ3) is 2.83. The Labute approximate surface area is 138 Å². The van der Waals surface area contributed by atoms with Crippen molar-refractivity contribution < 1.29 is 14.9 Å². The maximum absolute atomic E-state index is 10.3. The van der Waals surface area contributed by atoms with E-state index in [4.69, 9.17) is 16.3 Å². The fourth-order valence-corrected chi connectivity index (χ4v) is 2.35. The minimum atomic E-state index is -0.0301. The lowest BCUT2D eigenvalue weighted by atomic mass is 10.1. The number of benzene rings is 2. The lowest BCUT2D eigenvalue weighted by Crippen LogP contribution is -1.89. The van der Waals surface area contributed by atoms with Gasteiger partial charge in [-0.3, -0.25) is 5.10 Å². The smallest absolute Gasteiger partial charge is 0.176 e. The molecule has 1 heterocycles. The average molecular weight is 331 g/mol. The second kappa shape index (κ2) is 5.85. The van der Waals surface area contributed by atoms with Crippen LogP contribution < -0.4 is 4.74 Å². The van der Waals surface area contributed by atoms with E-state index in [1.165, 1.54) is 6.07 Å². The first-order chi connectivity index (χ1) is 11.0. The van der Waals surface area contributed by atoms with E-state index < -0.39 is 0 Å². The molecular formula is C17H15ClN2O3. The van der Waals surface area contributed by atoms with Gasteiger partial charge in [-0.25, -0.2) is 0 Å². The molecule has 0 fully saturated rings. The zero-order valence-electron chi connectivity index (χ0n) is 12.6. The van der Waals surface area contributed by atoms with Crippen LogP contribution in [0.2, 0.25) is 5.02 Å². The van der Waals surface area contributed by atoms with Crippen molar-refractivity contribution in [2.24, 2.45) is 0 Å². The molecule has 5 nitrogen and oxygen atoms in total. The first kappa shape index (κ1) is 15.2. The molecule has 0 saturated heterocycles. The molecule has 0 atom stereocenters. The van der Waals surface area contributed by atoms with Crippen LogP contribution in [0, 0.1) is 13.8 Å². The number of aromatic hydroxyl groups is 2. The molecular weight excluding hydrogens is 316 g/mol. The summed E-state index contributed by atoms with van der Waals surface area (Å²) < 4.78 is 5.89. The summed E-state index contributed by atoms with van der Waals surface area (Å²) in [6.45, 7) is 3.46. The van der Waals surface area contributed by atoms with E-state index >= 15 is 0 Å². The summed E-state index contributed by atoms with van der Waals surface area (Å²) in [6.07, 6.45) is 0. The first-order valence-electron chi connectivity index (χ1n) is 6.97. The van der Waals surface area contributed by atoms with Crippen LogP contribution >= 0.6 is 11.6 Å². The molecule has 118 valence electrons. The van der Waals surface area contributed by atoms with Gasteiger partial charge in [0.1, 0.15) is 22.9 Å². The number of phenols is 2. The van der Waals surface area contributed by atoms with Gasteiger partial charge in [0.05, 0.1) is 5.69 Å². The number of ether oxygens (including phenoxy) is 1. The summed E-state index contributed by atoms with van der Waals surface area (Å²) >= 11 is 5.87. The summed E-state index contributed by atoms with van der Waals surface area (Å²) in [5.41, 5.74) is 2.06. The SMILES string of the molecule is Cc1[nH]nc(-c2ccc(O)c(C)c2O)c1Oc1ccc(Cl)cc1. The Hall–Kier alpha value is -2.66. The number of aromatic nitrogens is 2. The Morgan fingerprint density at radius 2 is 1.74 bits per heavy atom. The van der Waals surface area contributed by atoms with Crippen molar-refractivity contribution in [1.29, 1.82) is 0 Å². The largest absolute Gasteiger partial charge is 0.508 e. The Bertz CT molecular complexity index is 857. The molecule has 0 aliphatic rings. The number of H-pyrrole nitrogens is 1. The van der Waals surface area contributed by atoms with Crippen molar-refractivity contribution in [2.45, 2.75) is 13.8 Å². The number of nitrogens with one attached hydrogen (secondary N) is 1. The number of hydrogen-bond donors (Lipinski definition) is 3. The fourth-order valence-electron chi connectivity index (χ4n) is 2.23. The molecule has 3 N–H and O–H groups in total. The highest BCUT2D eigenvalue weighted by atomic mass is 35.5. The van der Waals surface area contributed by atoms with Crippen molar-refractivity contribution >= 4 is 11.6 Å². The summed E-state index contributed by atoms with van der Waals surface area (Å²) in [4.78, 5) is 0. The van der Waals surface area contributed by atoms with E-state index in [-0.39, 0.29) is 11.5 Å². The van der Waals surface area contributed by atoms with Gasteiger partial charge in [-0.15, -0.1) is 0 Å². The van der Waals surface area contributed by atoms with Gasteiger partial charge in [0, 0.05) is 16.1 Å². The van der Waals surface area contributed by atoms with E-state index in [2.05, 4.69) is 10.2 Å². The van der Waals surface area contributed by atoms with Gasteiger partial charge in [0.25, 0.3) is 0 Å². The molecule has 0 aliphatic carbocycles. The lowest BCUT2D eigenvalue weighted by molar-refractivity contribution is 0.443. The quantitative estimate of drug-likeness (QED) is 0.658. The van der Waals surface area contributed by atoms with Crippen LogP contribution in [0.15, 0.2) is 36.4 Å². The van der Waals surface area contributed by atoms with Gasteiger partial charge in [0.2, 0.25) is 0 Å². The van der Waals surface area contributed by atoms with Crippen LogP contribution in [-0.2, 0) is 0 Å². The lowest BCUT2D eigenvalue weighted by Gasteiger charge is -2.10. The number of aryl methyl sites for hydroxylation is 1. The summed E-state index contributed by atoms with van der Waals surface area (Å²) in [5.74, 6) is 1.11. The number of nitrogens with zero attached hydrogens (tertiary/aromatic N) is 1. The van der Waals surface area contributed by atoms with Crippen LogP contribution in [-0.4, -0.2) is 20.4 Å². The maximum atomic E-state index is 10.3. The topological polar surface area (TPSA) is 78.4 Å². The average Bonchev–Trinajstić information content (AvgIpc) is 2.88. The Morgan fingerprint density at radius 3 is 2.43 bits per heavy atom. The van der Waals surface area contributed by atoms with Crippen molar-refractivity contribution in [1.82, 2.24) is 10.2 Å². The number of aromatic amines is 1. The monoisotopic (exact) mass is 330 g/mol. The second-order valence-corrected chi connectivity index (χ2v) is 5.62. The fraction of sp³-hybridized carbons (Fsp3) is 0.118. The van der Waals surface area contributed by atoms with Crippen molar-refractivity contribution in [3.05, 3.63) is 52.7 Å². The molecule has 0 radical (unpaired) electrons. The van der Waals surface area contributed by atoms with Gasteiger partial charge in [-0.05, 0) is 50.2 Å². The standard InChI is InChI=1S/C17H15ClN2O3/c1-9-14(21)8-7-13(16(9)22)15-17(10(2)19-20-15)23-12-5-3-11(18)4-6-12/h3-8,21-22H,1-2H3,(H,19,20). The van der Waals surface area contributed by atoms with Crippen LogP contribution in [0.3, 0.4) is 0 Å². The summed E-state index contributed by atoms with van der Waals surface area (Å²) in [5, 5.41) is 27.6. The number of halogens is 1. The summed E-state index contributed by atoms with van der Waals surface area (Å²) in [7, 11) is 0. The molecule has 1 aromatic heterocycles. The minimum Gasteiger partial charge on any atom is -0.508 e. The molecule has 0 bridgehead atoms. The van der Waals surface area contributed by atoms with E-state index in [1.807, 2.05) is 6.92 Å². The highest BCUT2D eigenvalue weighted by molar-refractivity contribution is 6.30. The molecule has 6 heteroatoms. The van der Waals surface area contributed by atoms with Crippen molar-refractivity contribution in [2.75, 3.05) is 0 Å². The highest BCUT2D eigenvalue weighted by Crippen LogP contribution is 2.41. The predicted molar refractivity (Wildman–Crippen MR) is 88.4 cm³/mol. The van der Waals surface area contributed by atoms with E-state index in [0.29, 0.717) is 33.3 Å². The molecule has 23 heavy (non-hydrogen) atoms. The number of hydrogen-bond acceptors (Lipinski definition) is 4. The van der Waals surface area contributed by atoms with E-state index in [9.17, 15) is 10.2 Å². The maximum Gasteiger partial charge on any atom is 0.176 e. The van der Waals surface area contributed by atoms with Gasteiger partial charge in [-0.2, -0.15) is 5.10 Å². The first-order valence-corrected chi connectivity index (χ1v) is 7.35. The molecule has 0 unspecified atom stereocenters. The molecule has 2 aromatic carbocycles. The normalized spacial score (nSPS) is 10.7. The Morgan fingerprint density at radius 1 is 1.04 bits per heavy atom. The van der Waals surface area contributed by atoms with Crippen LogP contribution in [0.25, 0.3) is 11.3 Å². The molecule has 3 aromatic rings. The molecule has 0 spiro atoms. The number of phenolic OH excluding ortho intramolecular Hbond substituents is 2. The van der Waals surface area contributed by atoms with Gasteiger partial charge >= 0.3 is 0 Å². The van der Waals surface area contributed by atoms with Crippen LogP contribution in [0.4, 0.5) is 0 Å². The van der Waals surface area contributed by atoms with Crippen molar-refractivity contribution in [3.63, 3.8) is 0 Å². The molecule has 0 amide bonds. The molecule has 3 rings (SSSR count). The number of rotatable bonds is 3. The van der Waals surface area contributed by atoms with Crippen LogP contribution in [0.5, 0.6) is 23.0 Å². The van der Waals surface area contributed by atoms with E-state index in [0.717, 1.165) is 5.69 Å². The predicted octanol–water partition coefficient (Wildman–Crippen LogP) is 4.55.